The summed E-state index contributed by atoms with van der Waals surface area (Å²) >= 11 is 1.17. The van der Waals surface area contributed by atoms with Crippen molar-refractivity contribution in [1.82, 2.24) is 14.9 Å². The molecule has 2 aromatic carbocycles. The molecule has 1 heterocycles. The van der Waals surface area contributed by atoms with Gasteiger partial charge in [-0.15, -0.1) is 10.2 Å². The molecule has 0 radical (unpaired) electrons. The van der Waals surface area contributed by atoms with Crippen LogP contribution in [0.2, 0.25) is 0 Å². The number of carbonyl (C=O) groups excluding carboxylic acids is 2. The molecule has 9 heteroatoms. The fourth-order valence-corrected chi connectivity index (χ4v) is 3.25. The van der Waals surface area contributed by atoms with Crippen molar-refractivity contribution in [2.75, 3.05) is 24.0 Å². The minimum Gasteiger partial charge on any atom is -0.465 e. The standard InChI is InChI=1S/C20H21N5O3S/c1-12-4-7-14(8-5-12)18-23-24-20(25(18)21)29-11-17(26)22-16-10-15(19(27)28-3)9-6-13(16)2/h4-10H,11,21H2,1-3H3,(H,22,26). The van der Waals surface area contributed by atoms with Gasteiger partial charge in [0.05, 0.1) is 18.4 Å². The van der Waals surface area contributed by atoms with Crippen LogP contribution in [0.15, 0.2) is 47.6 Å². The van der Waals surface area contributed by atoms with Crippen molar-refractivity contribution in [2.45, 2.75) is 19.0 Å². The van der Waals surface area contributed by atoms with Crippen LogP contribution in [0, 0.1) is 13.8 Å². The molecule has 3 aromatic rings. The number of hydrogen-bond acceptors (Lipinski definition) is 7. The average Bonchev–Trinajstić information content (AvgIpc) is 3.08. The van der Waals surface area contributed by atoms with Gasteiger partial charge in [0.25, 0.3) is 0 Å². The minimum atomic E-state index is -0.463. The Balaban J connectivity index is 1.66. The first-order valence-corrected chi connectivity index (χ1v) is 9.76. The quantitative estimate of drug-likeness (QED) is 0.364. The van der Waals surface area contributed by atoms with Crippen molar-refractivity contribution in [1.29, 1.82) is 0 Å². The molecule has 0 aliphatic carbocycles. The number of aromatic nitrogens is 3. The van der Waals surface area contributed by atoms with Gasteiger partial charge in [0, 0.05) is 11.3 Å². The van der Waals surface area contributed by atoms with E-state index in [9.17, 15) is 9.59 Å². The monoisotopic (exact) mass is 411 g/mol. The Morgan fingerprint density at radius 1 is 1.14 bits per heavy atom. The van der Waals surface area contributed by atoms with Gasteiger partial charge in [-0.1, -0.05) is 47.7 Å². The van der Waals surface area contributed by atoms with Gasteiger partial charge in [0.1, 0.15) is 0 Å². The van der Waals surface area contributed by atoms with Crippen molar-refractivity contribution in [3.8, 4) is 11.4 Å². The maximum Gasteiger partial charge on any atom is 0.337 e. The van der Waals surface area contributed by atoms with E-state index in [-0.39, 0.29) is 11.7 Å². The second kappa shape index (κ2) is 8.78. The molecule has 8 nitrogen and oxygen atoms in total. The number of hydrogen-bond donors (Lipinski definition) is 2. The van der Waals surface area contributed by atoms with E-state index in [1.165, 1.54) is 23.5 Å². The van der Waals surface area contributed by atoms with Crippen LogP contribution in [0.1, 0.15) is 21.5 Å². The fourth-order valence-electron chi connectivity index (χ4n) is 2.59. The molecule has 0 fully saturated rings. The second-order valence-corrected chi connectivity index (χ2v) is 7.34. The van der Waals surface area contributed by atoms with Crippen LogP contribution in [-0.4, -0.2) is 39.6 Å². The first kappa shape index (κ1) is 20.4. The van der Waals surface area contributed by atoms with Gasteiger partial charge in [0.2, 0.25) is 11.1 Å². The molecule has 0 aliphatic rings. The molecular weight excluding hydrogens is 390 g/mol. The SMILES string of the molecule is COC(=O)c1ccc(C)c(NC(=O)CSc2nnc(-c3ccc(C)cc3)n2N)c1. The topological polar surface area (TPSA) is 112 Å². The molecule has 0 aliphatic heterocycles. The summed E-state index contributed by atoms with van der Waals surface area (Å²) in [5.74, 6) is 5.99. The van der Waals surface area contributed by atoms with Crippen molar-refractivity contribution >= 4 is 29.3 Å². The van der Waals surface area contributed by atoms with Crippen LogP contribution < -0.4 is 11.2 Å². The molecule has 150 valence electrons. The van der Waals surface area contributed by atoms with E-state index in [0.717, 1.165) is 16.7 Å². The summed E-state index contributed by atoms with van der Waals surface area (Å²) in [5.41, 5.74) is 3.73. The maximum atomic E-state index is 12.4. The number of nitrogens with one attached hydrogen (secondary N) is 1. The second-order valence-electron chi connectivity index (χ2n) is 6.40. The van der Waals surface area contributed by atoms with E-state index < -0.39 is 5.97 Å². The van der Waals surface area contributed by atoms with E-state index in [4.69, 9.17) is 10.6 Å². The van der Waals surface area contributed by atoms with Crippen LogP contribution in [0.5, 0.6) is 0 Å². The summed E-state index contributed by atoms with van der Waals surface area (Å²) in [4.78, 5) is 24.0. The fraction of sp³-hybridized carbons (Fsp3) is 0.200. The Labute approximate surface area is 172 Å². The molecule has 0 unspecified atom stereocenters. The predicted molar refractivity (Wildman–Crippen MR) is 112 cm³/mol. The van der Waals surface area contributed by atoms with Gasteiger partial charge < -0.3 is 15.9 Å². The number of nitrogen functional groups attached to an aromatic ring is 1. The van der Waals surface area contributed by atoms with Gasteiger partial charge in [0.15, 0.2) is 5.82 Å². The summed E-state index contributed by atoms with van der Waals surface area (Å²) in [5, 5.41) is 11.4. The molecule has 1 aromatic heterocycles. The minimum absolute atomic E-state index is 0.0884. The summed E-state index contributed by atoms with van der Waals surface area (Å²) in [6.07, 6.45) is 0. The van der Waals surface area contributed by atoms with Gasteiger partial charge in [-0.3, -0.25) is 4.79 Å². The first-order chi connectivity index (χ1) is 13.9. The molecule has 0 atom stereocenters. The highest BCUT2D eigenvalue weighted by Gasteiger charge is 2.15. The molecule has 3 N–H and O–H groups in total. The van der Waals surface area contributed by atoms with Gasteiger partial charge in [-0.05, 0) is 31.5 Å². The maximum absolute atomic E-state index is 12.4. The Morgan fingerprint density at radius 2 is 1.86 bits per heavy atom. The van der Waals surface area contributed by atoms with Gasteiger partial charge in [-0.2, -0.15) is 0 Å². The lowest BCUT2D eigenvalue weighted by molar-refractivity contribution is -0.113. The van der Waals surface area contributed by atoms with Crippen molar-refractivity contribution in [2.24, 2.45) is 0 Å². The highest BCUT2D eigenvalue weighted by molar-refractivity contribution is 7.99. The number of methoxy groups -OCH3 is 1. The molecule has 0 saturated heterocycles. The van der Waals surface area contributed by atoms with Crippen molar-refractivity contribution < 1.29 is 14.3 Å². The van der Waals surface area contributed by atoms with Crippen LogP contribution in [0.25, 0.3) is 11.4 Å². The normalized spacial score (nSPS) is 10.6. The number of amides is 1. The lowest BCUT2D eigenvalue weighted by atomic mass is 10.1. The third kappa shape index (κ3) is 4.75. The van der Waals surface area contributed by atoms with E-state index in [0.29, 0.717) is 22.2 Å². The number of benzene rings is 2. The molecule has 0 spiro atoms. The number of thioether (sulfide) groups is 1. The first-order valence-electron chi connectivity index (χ1n) is 8.78. The zero-order chi connectivity index (χ0) is 21.0. The molecule has 0 bridgehead atoms. The van der Waals surface area contributed by atoms with E-state index in [2.05, 4.69) is 15.5 Å². The summed E-state index contributed by atoms with van der Waals surface area (Å²) in [7, 11) is 1.31. The number of nitrogens with zero attached hydrogens (tertiary/aromatic N) is 3. The van der Waals surface area contributed by atoms with Crippen LogP contribution >= 0.6 is 11.8 Å². The Morgan fingerprint density at radius 3 is 2.55 bits per heavy atom. The van der Waals surface area contributed by atoms with E-state index >= 15 is 0 Å². The molecule has 0 saturated carbocycles. The van der Waals surface area contributed by atoms with Crippen molar-refractivity contribution in [3.63, 3.8) is 0 Å². The number of carbonyl (C=O) groups is 2. The molecule has 3 rings (SSSR count). The smallest absolute Gasteiger partial charge is 0.337 e. The number of nitrogens with two attached hydrogens (primary N) is 1. The number of rotatable bonds is 6. The summed E-state index contributed by atoms with van der Waals surface area (Å²) in [6.45, 7) is 3.84. The Hall–Kier alpha value is -3.33. The largest absolute Gasteiger partial charge is 0.465 e. The number of aryl methyl sites for hydroxylation is 2. The lowest BCUT2D eigenvalue weighted by Gasteiger charge is -2.10. The van der Waals surface area contributed by atoms with Gasteiger partial charge >= 0.3 is 5.97 Å². The lowest BCUT2D eigenvalue weighted by Crippen LogP contribution is -2.17. The highest BCUT2D eigenvalue weighted by Crippen LogP contribution is 2.23. The average molecular weight is 411 g/mol. The molecule has 29 heavy (non-hydrogen) atoms. The van der Waals surface area contributed by atoms with E-state index in [1.807, 2.05) is 38.1 Å². The zero-order valence-electron chi connectivity index (χ0n) is 16.3. The van der Waals surface area contributed by atoms with Crippen LogP contribution in [-0.2, 0) is 9.53 Å². The zero-order valence-corrected chi connectivity index (χ0v) is 17.1. The highest BCUT2D eigenvalue weighted by atomic mass is 32.2. The third-order valence-corrected chi connectivity index (χ3v) is 5.18. The molecular formula is C20H21N5O3S. The van der Waals surface area contributed by atoms with Crippen LogP contribution in [0.4, 0.5) is 5.69 Å². The summed E-state index contributed by atoms with van der Waals surface area (Å²) in [6, 6.07) is 12.8. The Bertz CT molecular complexity index is 1050. The third-order valence-electron chi connectivity index (χ3n) is 4.24. The Kier molecular flexibility index (Phi) is 6.18. The number of esters is 1. The van der Waals surface area contributed by atoms with Crippen LogP contribution in [0.3, 0.4) is 0 Å². The predicted octanol–water partition coefficient (Wildman–Crippen LogP) is 2.79. The summed E-state index contributed by atoms with van der Waals surface area (Å²) < 4.78 is 6.08. The van der Waals surface area contributed by atoms with E-state index in [1.54, 1.807) is 18.2 Å². The van der Waals surface area contributed by atoms with Crippen molar-refractivity contribution in [3.05, 3.63) is 59.2 Å². The number of anilines is 1. The molecule has 1 amide bonds. The van der Waals surface area contributed by atoms with Gasteiger partial charge in [-0.25, -0.2) is 9.47 Å². The number of ether oxygens (including phenoxy) is 1.